The van der Waals surface area contributed by atoms with Crippen molar-refractivity contribution in [1.82, 2.24) is 0 Å². The van der Waals surface area contributed by atoms with Gasteiger partial charge >= 0.3 is 0 Å². The number of allylic oxidation sites excluding steroid dienone is 1. The zero-order valence-electron chi connectivity index (χ0n) is 18.5. The van der Waals surface area contributed by atoms with Gasteiger partial charge < -0.3 is 20.1 Å². The molecule has 0 amide bonds. The van der Waals surface area contributed by atoms with Crippen LogP contribution < -0.4 is 20.1 Å². The number of ketones is 1. The molecule has 6 heteroatoms. The van der Waals surface area contributed by atoms with E-state index in [0.717, 1.165) is 33.8 Å². The van der Waals surface area contributed by atoms with Crippen LogP contribution in [0.3, 0.4) is 0 Å². The molecule has 0 bridgehead atoms. The third kappa shape index (κ3) is 3.93. The molecule has 3 aromatic carbocycles. The second-order valence-electron chi connectivity index (χ2n) is 8.30. The summed E-state index contributed by atoms with van der Waals surface area (Å²) < 4.78 is 11.2. The minimum absolute atomic E-state index is 0.00978. The molecule has 1 aliphatic heterocycles. The number of fused-ring (bicyclic) bond motifs is 1. The molecule has 1 heterocycles. The number of nitrogens with one attached hydrogen (secondary N) is 2. The van der Waals surface area contributed by atoms with Crippen molar-refractivity contribution in [3.63, 3.8) is 0 Å². The van der Waals surface area contributed by atoms with Gasteiger partial charge in [-0.3, -0.25) is 4.79 Å². The first-order valence-electron chi connectivity index (χ1n) is 10.9. The first-order chi connectivity index (χ1) is 16.1. The van der Waals surface area contributed by atoms with Crippen LogP contribution in [0.4, 0.5) is 11.4 Å². The molecule has 0 saturated carbocycles. The largest absolute Gasteiger partial charge is 0.497 e. The fourth-order valence-electron chi connectivity index (χ4n) is 4.82. The average molecular weight is 461 g/mol. The summed E-state index contributed by atoms with van der Waals surface area (Å²) in [6, 6.07) is 21.0. The van der Waals surface area contributed by atoms with Crippen molar-refractivity contribution in [1.29, 1.82) is 0 Å². The highest BCUT2D eigenvalue weighted by atomic mass is 35.5. The molecular weight excluding hydrogens is 436 g/mol. The van der Waals surface area contributed by atoms with Gasteiger partial charge in [-0.1, -0.05) is 41.9 Å². The van der Waals surface area contributed by atoms with Crippen LogP contribution in [-0.4, -0.2) is 20.0 Å². The summed E-state index contributed by atoms with van der Waals surface area (Å²) in [6.45, 7) is 0. The summed E-state index contributed by atoms with van der Waals surface area (Å²) in [5.74, 6) is 1.50. The van der Waals surface area contributed by atoms with E-state index >= 15 is 0 Å². The maximum atomic E-state index is 13.7. The van der Waals surface area contributed by atoms with Crippen LogP contribution in [0.15, 0.2) is 78.0 Å². The van der Waals surface area contributed by atoms with Crippen molar-refractivity contribution in [3.8, 4) is 11.5 Å². The lowest BCUT2D eigenvalue weighted by Crippen LogP contribution is -2.27. The Morgan fingerprint density at radius 1 is 0.879 bits per heavy atom. The first kappa shape index (κ1) is 21.4. The summed E-state index contributed by atoms with van der Waals surface area (Å²) in [7, 11) is 3.27. The zero-order valence-corrected chi connectivity index (χ0v) is 19.3. The normalized spacial score (nSPS) is 19.5. The smallest absolute Gasteiger partial charge is 0.163 e. The molecule has 2 N–H and O–H groups in total. The van der Waals surface area contributed by atoms with E-state index in [9.17, 15) is 4.79 Å². The molecule has 3 aromatic rings. The van der Waals surface area contributed by atoms with E-state index in [1.807, 2.05) is 66.7 Å². The fraction of sp³-hybridized carbons (Fsp3) is 0.222. The maximum Gasteiger partial charge on any atom is 0.163 e. The molecule has 2 aliphatic rings. The molecule has 0 unspecified atom stereocenters. The number of methoxy groups -OCH3 is 2. The number of para-hydroxylation sites is 2. The molecule has 0 radical (unpaired) electrons. The van der Waals surface area contributed by atoms with Crippen LogP contribution in [0, 0.1) is 0 Å². The monoisotopic (exact) mass is 460 g/mol. The van der Waals surface area contributed by atoms with Crippen LogP contribution in [0.2, 0.25) is 5.02 Å². The van der Waals surface area contributed by atoms with E-state index in [1.165, 1.54) is 0 Å². The molecule has 0 spiro atoms. The van der Waals surface area contributed by atoms with Crippen LogP contribution in [0.1, 0.15) is 35.9 Å². The Hall–Kier alpha value is -3.44. The van der Waals surface area contributed by atoms with Gasteiger partial charge in [-0.05, 0) is 54.3 Å². The van der Waals surface area contributed by atoms with Gasteiger partial charge in [-0.15, -0.1) is 0 Å². The number of rotatable bonds is 4. The lowest BCUT2D eigenvalue weighted by Gasteiger charge is -2.30. The van der Waals surface area contributed by atoms with Gasteiger partial charge in [-0.25, -0.2) is 0 Å². The molecule has 0 aromatic heterocycles. The Morgan fingerprint density at radius 2 is 1.64 bits per heavy atom. The van der Waals surface area contributed by atoms with E-state index < -0.39 is 0 Å². The Balaban J connectivity index is 1.66. The second kappa shape index (κ2) is 8.83. The number of carbonyl (C=O) groups excluding carboxylic acids is 1. The summed E-state index contributed by atoms with van der Waals surface area (Å²) >= 11 is 6.50. The van der Waals surface area contributed by atoms with Crippen LogP contribution in [-0.2, 0) is 4.79 Å². The molecule has 168 valence electrons. The molecule has 1 aliphatic carbocycles. The molecule has 5 nitrogen and oxygen atoms in total. The SMILES string of the molecule is COc1ccc(OC)c([C@H]2Nc3ccccc3NC3=C2C(=O)C[C@H](c2ccccc2Cl)C3)c1. The van der Waals surface area contributed by atoms with Crippen molar-refractivity contribution in [3.05, 3.63) is 94.1 Å². The van der Waals surface area contributed by atoms with Crippen molar-refractivity contribution < 1.29 is 14.3 Å². The number of hydrogen-bond donors (Lipinski definition) is 2. The summed E-state index contributed by atoms with van der Waals surface area (Å²) in [4.78, 5) is 13.7. The number of Topliss-reactive ketones (excluding diaryl/α,β-unsaturated/α-hetero) is 1. The summed E-state index contributed by atoms with van der Waals surface area (Å²) in [5, 5.41) is 7.84. The maximum absolute atomic E-state index is 13.7. The van der Waals surface area contributed by atoms with E-state index in [0.29, 0.717) is 29.4 Å². The number of ether oxygens (including phenoxy) is 2. The predicted molar refractivity (Wildman–Crippen MR) is 131 cm³/mol. The summed E-state index contributed by atoms with van der Waals surface area (Å²) in [5.41, 5.74) is 5.34. The minimum atomic E-state index is -0.388. The summed E-state index contributed by atoms with van der Waals surface area (Å²) in [6.07, 6.45) is 1.08. The highest BCUT2D eigenvalue weighted by molar-refractivity contribution is 6.31. The van der Waals surface area contributed by atoms with Crippen molar-refractivity contribution in [2.45, 2.75) is 24.8 Å². The molecule has 5 rings (SSSR count). The van der Waals surface area contributed by atoms with Gasteiger partial charge in [-0.2, -0.15) is 0 Å². The van der Waals surface area contributed by atoms with E-state index in [-0.39, 0.29) is 17.7 Å². The van der Waals surface area contributed by atoms with Crippen molar-refractivity contribution in [2.24, 2.45) is 0 Å². The number of benzene rings is 3. The van der Waals surface area contributed by atoms with Gasteiger partial charge in [0, 0.05) is 28.3 Å². The average Bonchev–Trinajstić information content (AvgIpc) is 3.00. The number of carbonyl (C=O) groups is 1. The Labute approximate surface area is 198 Å². The molecule has 33 heavy (non-hydrogen) atoms. The number of hydrogen-bond acceptors (Lipinski definition) is 5. The molecule has 0 saturated heterocycles. The first-order valence-corrected chi connectivity index (χ1v) is 11.3. The predicted octanol–water partition coefficient (Wildman–Crippen LogP) is 6.34. The minimum Gasteiger partial charge on any atom is -0.497 e. The number of halogens is 1. The van der Waals surface area contributed by atoms with Crippen molar-refractivity contribution >= 4 is 28.8 Å². The molecular formula is C27H25ClN2O3. The lowest BCUT2D eigenvalue weighted by atomic mass is 9.78. The van der Waals surface area contributed by atoms with Crippen LogP contribution in [0.5, 0.6) is 11.5 Å². The quantitative estimate of drug-likeness (QED) is 0.476. The Kier molecular flexibility index (Phi) is 5.73. The Bertz CT molecular complexity index is 1250. The van der Waals surface area contributed by atoms with E-state index in [2.05, 4.69) is 10.6 Å². The van der Waals surface area contributed by atoms with Gasteiger partial charge in [0.1, 0.15) is 11.5 Å². The van der Waals surface area contributed by atoms with Crippen molar-refractivity contribution in [2.75, 3.05) is 24.9 Å². The van der Waals surface area contributed by atoms with Gasteiger partial charge in [0.05, 0.1) is 31.6 Å². The third-order valence-electron chi connectivity index (χ3n) is 6.40. The lowest BCUT2D eigenvalue weighted by molar-refractivity contribution is -0.116. The Morgan fingerprint density at radius 3 is 2.39 bits per heavy atom. The zero-order chi connectivity index (χ0) is 22.9. The molecule has 0 fully saturated rings. The highest BCUT2D eigenvalue weighted by Crippen LogP contribution is 2.47. The van der Waals surface area contributed by atoms with E-state index in [1.54, 1.807) is 14.2 Å². The van der Waals surface area contributed by atoms with Gasteiger partial charge in [0.25, 0.3) is 0 Å². The molecule has 2 atom stereocenters. The van der Waals surface area contributed by atoms with Gasteiger partial charge in [0.2, 0.25) is 0 Å². The third-order valence-corrected chi connectivity index (χ3v) is 6.75. The van der Waals surface area contributed by atoms with Crippen LogP contribution in [0.25, 0.3) is 0 Å². The van der Waals surface area contributed by atoms with Gasteiger partial charge in [0.15, 0.2) is 5.78 Å². The second-order valence-corrected chi connectivity index (χ2v) is 8.71. The topological polar surface area (TPSA) is 59.6 Å². The fourth-order valence-corrected chi connectivity index (χ4v) is 5.11. The standard InChI is InChI=1S/C27H25ClN2O3/c1-32-17-11-12-25(33-2)19(15-17)27-26-23(29-21-9-5-6-10-22(21)30-27)13-16(14-24(26)31)18-7-3-4-8-20(18)28/h3-12,15-16,27,29-30H,13-14H2,1-2H3/t16-,27-/m1/s1. The number of anilines is 2. The van der Waals surface area contributed by atoms with Crippen LogP contribution >= 0.6 is 11.6 Å². The highest BCUT2D eigenvalue weighted by Gasteiger charge is 2.37. The van der Waals surface area contributed by atoms with E-state index in [4.69, 9.17) is 21.1 Å².